The number of nitrogens with two attached hydrogens (primary N) is 1. The fraction of sp³-hybridized carbons (Fsp3) is 1.00. The van der Waals surface area contributed by atoms with Crippen LogP contribution in [0, 0.1) is 5.92 Å². The maximum absolute atomic E-state index is 5.11. The third kappa shape index (κ3) is 3.70. The molecule has 0 aromatic rings. The first kappa shape index (κ1) is 8.97. The van der Waals surface area contributed by atoms with Crippen molar-refractivity contribution in [3.63, 3.8) is 0 Å². The van der Waals surface area contributed by atoms with Gasteiger partial charge in [-0.05, 0) is 18.9 Å². The molecule has 0 amide bonds. The summed E-state index contributed by atoms with van der Waals surface area (Å²) in [6.45, 7) is 1.83. The molecule has 0 radical (unpaired) electrons. The molecule has 0 unspecified atom stereocenters. The van der Waals surface area contributed by atoms with Gasteiger partial charge in [0.25, 0.3) is 0 Å². The number of hydrogen-bond donors (Lipinski definition) is 3. The van der Waals surface area contributed by atoms with E-state index < -0.39 is 0 Å². The minimum absolute atomic E-state index is 0.729. The van der Waals surface area contributed by atoms with Gasteiger partial charge in [-0.1, -0.05) is 25.7 Å². The lowest BCUT2D eigenvalue weighted by molar-refractivity contribution is 0.468. The molecule has 3 nitrogen and oxygen atoms in total. The molecule has 0 aromatic carbocycles. The number of nitrogens with one attached hydrogen (secondary N) is 2. The first-order valence-electron chi connectivity index (χ1n) is 4.57. The van der Waals surface area contributed by atoms with Crippen LogP contribution in [0.25, 0.3) is 0 Å². The second kappa shape index (κ2) is 5.52. The molecule has 66 valence electrons. The molecule has 0 aliphatic heterocycles. The Bertz CT molecular complexity index is 89.3. The van der Waals surface area contributed by atoms with E-state index >= 15 is 0 Å². The minimum atomic E-state index is 0.729. The Hall–Kier alpha value is -0.120. The van der Waals surface area contributed by atoms with Crippen LogP contribution in [0.5, 0.6) is 0 Å². The van der Waals surface area contributed by atoms with Crippen molar-refractivity contribution in [3.8, 4) is 0 Å². The van der Waals surface area contributed by atoms with Gasteiger partial charge < -0.3 is 5.32 Å². The van der Waals surface area contributed by atoms with Gasteiger partial charge in [-0.2, -0.15) is 0 Å². The van der Waals surface area contributed by atoms with Crippen LogP contribution in [0.4, 0.5) is 0 Å². The highest BCUT2D eigenvalue weighted by molar-refractivity contribution is 4.67. The molecule has 1 fully saturated rings. The molecule has 0 atom stereocenters. The Morgan fingerprint density at radius 1 is 1.27 bits per heavy atom. The summed E-state index contributed by atoms with van der Waals surface area (Å²) in [7, 11) is 0. The summed E-state index contributed by atoms with van der Waals surface area (Å²) in [6.07, 6.45) is 7.09. The first-order chi connectivity index (χ1) is 5.43. The quantitative estimate of drug-likeness (QED) is 0.237. The van der Waals surface area contributed by atoms with E-state index in [-0.39, 0.29) is 0 Å². The van der Waals surface area contributed by atoms with E-state index in [4.69, 9.17) is 5.84 Å². The van der Waals surface area contributed by atoms with E-state index in [9.17, 15) is 0 Å². The van der Waals surface area contributed by atoms with Gasteiger partial charge in [-0.25, -0.2) is 5.43 Å². The molecule has 0 heterocycles. The van der Waals surface area contributed by atoms with Crippen LogP contribution in [-0.2, 0) is 0 Å². The van der Waals surface area contributed by atoms with Gasteiger partial charge in [0, 0.05) is 0 Å². The summed E-state index contributed by atoms with van der Waals surface area (Å²) in [4.78, 5) is 0. The van der Waals surface area contributed by atoms with Crippen LogP contribution < -0.4 is 16.6 Å². The summed E-state index contributed by atoms with van der Waals surface area (Å²) in [5, 5.41) is 3.23. The number of hydrazine groups is 1. The monoisotopic (exact) mass is 157 g/mol. The molecular formula is C8H19N3. The van der Waals surface area contributed by atoms with Crippen molar-refractivity contribution in [3.05, 3.63) is 0 Å². The molecule has 3 heteroatoms. The van der Waals surface area contributed by atoms with Crippen molar-refractivity contribution in [1.82, 2.24) is 10.7 Å². The average molecular weight is 157 g/mol. The summed E-state index contributed by atoms with van der Waals surface area (Å²) < 4.78 is 0. The maximum Gasteiger partial charge on any atom is 0.0587 e. The van der Waals surface area contributed by atoms with Gasteiger partial charge in [0.15, 0.2) is 0 Å². The second-order valence-electron chi connectivity index (χ2n) is 3.32. The fourth-order valence-corrected chi connectivity index (χ4v) is 1.77. The van der Waals surface area contributed by atoms with Crippen molar-refractivity contribution in [2.45, 2.75) is 32.1 Å². The Morgan fingerprint density at radius 2 is 2.00 bits per heavy atom. The van der Waals surface area contributed by atoms with Crippen LogP contribution in [0.1, 0.15) is 32.1 Å². The second-order valence-corrected chi connectivity index (χ2v) is 3.32. The van der Waals surface area contributed by atoms with Gasteiger partial charge in [0.05, 0.1) is 6.67 Å². The zero-order valence-electron chi connectivity index (χ0n) is 7.10. The molecule has 11 heavy (non-hydrogen) atoms. The molecule has 1 rings (SSSR count). The molecule has 0 saturated heterocycles. The van der Waals surface area contributed by atoms with Gasteiger partial charge in [0.2, 0.25) is 0 Å². The smallest absolute Gasteiger partial charge is 0.0587 e. The van der Waals surface area contributed by atoms with Crippen LogP contribution in [0.15, 0.2) is 0 Å². The van der Waals surface area contributed by atoms with Crippen molar-refractivity contribution < 1.29 is 0 Å². The predicted molar refractivity (Wildman–Crippen MR) is 46.8 cm³/mol. The Labute approximate surface area is 68.7 Å². The van der Waals surface area contributed by atoms with Crippen molar-refractivity contribution >= 4 is 0 Å². The third-order valence-electron chi connectivity index (χ3n) is 2.43. The first-order valence-corrected chi connectivity index (χ1v) is 4.57. The van der Waals surface area contributed by atoms with E-state index in [1.165, 1.54) is 32.1 Å². The largest absolute Gasteiger partial charge is 0.303 e. The molecule has 0 bridgehead atoms. The SMILES string of the molecule is NNCNCCC1CCCC1. The standard InChI is InChI=1S/C8H19N3/c9-11-7-10-6-5-8-3-1-2-4-8/h8,10-11H,1-7,9H2. The average Bonchev–Trinajstić information content (AvgIpc) is 2.50. The highest BCUT2D eigenvalue weighted by atomic mass is 15.3. The van der Waals surface area contributed by atoms with E-state index in [0.29, 0.717) is 0 Å². The summed E-state index contributed by atoms with van der Waals surface area (Å²) in [6, 6.07) is 0. The van der Waals surface area contributed by atoms with Crippen LogP contribution >= 0.6 is 0 Å². The molecule has 0 aromatic heterocycles. The highest BCUT2D eigenvalue weighted by Crippen LogP contribution is 2.26. The Kier molecular flexibility index (Phi) is 4.50. The van der Waals surface area contributed by atoms with Crippen molar-refractivity contribution in [2.75, 3.05) is 13.2 Å². The molecule has 0 spiro atoms. The van der Waals surface area contributed by atoms with E-state index in [2.05, 4.69) is 10.7 Å². The lowest BCUT2D eigenvalue weighted by Crippen LogP contribution is -2.34. The zero-order valence-corrected chi connectivity index (χ0v) is 7.10. The Morgan fingerprint density at radius 3 is 2.64 bits per heavy atom. The van der Waals surface area contributed by atoms with Gasteiger partial charge >= 0.3 is 0 Å². The van der Waals surface area contributed by atoms with Crippen molar-refractivity contribution in [1.29, 1.82) is 0 Å². The maximum atomic E-state index is 5.11. The highest BCUT2D eigenvalue weighted by Gasteiger charge is 2.13. The van der Waals surface area contributed by atoms with Gasteiger partial charge in [-0.3, -0.25) is 5.84 Å². The van der Waals surface area contributed by atoms with Crippen molar-refractivity contribution in [2.24, 2.45) is 11.8 Å². The zero-order chi connectivity index (χ0) is 7.94. The molecule has 1 aliphatic rings. The molecule has 1 saturated carbocycles. The molecular weight excluding hydrogens is 138 g/mol. The topological polar surface area (TPSA) is 50.1 Å². The number of rotatable bonds is 5. The lowest BCUT2D eigenvalue weighted by atomic mass is 10.0. The normalized spacial score (nSPS) is 19.4. The van der Waals surface area contributed by atoms with Crippen LogP contribution in [0.3, 0.4) is 0 Å². The van der Waals surface area contributed by atoms with E-state index in [1.54, 1.807) is 0 Å². The molecule has 4 N–H and O–H groups in total. The van der Waals surface area contributed by atoms with Gasteiger partial charge in [0.1, 0.15) is 0 Å². The van der Waals surface area contributed by atoms with Crippen LogP contribution in [0.2, 0.25) is 0 Å². The minimum Gasteiger partial charge on any atom is -0.303 e. The van der Waals surface area contributed by atoms with E-state index in [0.717, 1.165) is 19.1 Å². The van der Waals surface area contributed by atoms with Gasteiger partial charge in [-0.15, -0.1) is 0 Å². The molecule has 1 aliphatic carbocycles. The fourth-order valence-electron chi connectivity index (χ4n) is 1.77. The number of hydrogen-bond acceptors (Lipinski definition) is 3. The third-order valence-corrected chi connectivity index (χ3v) is 2.43. The summed E-state index contributed by atoms with van der Waals surface area (Å²) in [5.74, 6) is 6.10. The summed E-state index contributed by atoms with van der Waals surface area (Å²) >= 11 is 0. The Balaban J connectivity index is 1.86. The summed E-state index contributed by atoms with van der Waals surface area (Å²) in [5.41, 5.74) is 2.58. The van der Waals surface area contributed by atoms with Crippen LogP contribution in [-0.4, -0.2) is 13.2 Å². The lowest BCUT2D eigenvalue weighted by Gasteiger charge is -2.08. The van der Waals surface area contributed by atoms with E-state index in [1.807, 2.05) is 0 Å². The predicted octanol–water partition coefficient (Wildman–Crippen LogP) is 0.577.